The van der Waals surface area contributed by atoms with Crippen molar-refractivity contribution in [1.82, 2.24) is 0 Å². The average Bonchev–Trinajstić information content (AvgIpc) is 2.45. The number of ether oxygens (including phenoxy) is 1. The van der Waals surface area contributed by atoms with Gasteiger partial charge in [-0.2, -0.15) is 4.58 Å². The molecule has 1 aliphatic heterocycles. The van der Waals surface area contributed by atoms with E-state index in [-0.39, 0.29) is 18.6 Å². The van der Waals surface area contributed by atoms with Gasteiger partial charge in [-0.05, 0) is 27.7 Å². The standard InChI is InChI=1S/C10H20NO/c1-7(2)10-11(8(3)4)9(5)6-12-10/h7-9H,6H2,1-5H3/q+1/i5D3. The summed E-state index contributed by atoms with van der Waals surface area (Å²) in [6, 6.07) is -0.328. The molecule has 1 atom stereocenters. The van der Waals surface area contributed by atoms with Crippen LogP contribution in [0.25, 0.3) is 0 Å². The van der Waals surface area contributed by atoms with E-state index in [0.717, 1.165) is 5.90 Å². The van der Waals surface area contributed by atoms with Crippen LogP contribution < -0.4 is 0 Å². The quantitative estimate of drug-likeness (QED) is 0.581. The van der Waals surface area contributed by atoms with Gasteiger partial charge in [-0.15, -0.1) is 0 Å². The molecule has 1 aliphatic rings. The third-order valence-corrected chi connectivity index (χ3v) is 2.03. The van der Waals surface area contributed by atoms with Crippen molar-refractivity contribution in [2.24, 2.45) is 5.92 Å². The lowest BCUT2D eigenvalue weighted by Gasteiger charge is -2.08. The van der Waals surface area contributed by atoms with Crippen molar-refractivity contribution in [2.45, 2.75) is 46.6 Å². The number of rotatable bonds is 2. The van der Waals surface area contributed by atoms with Crippen LogP contribution in [0.1, 0.15) is 38.7 Å². The lowest BCUT2D eigenvalue weighted by molar-refractivity contribution is -0.583. The Morgan fingerprint density at radius 1 is 1.50 bits per heavy atom. The summed E-state index contributed by atoms with van der Waals surface area (Å²) in [5.74, 6) is 1.05. The Bertz CT molecular complexity index is 268. The first-order valence-electron chi connectivity index (χ1n) is 6.03. The molecule has 0 radical (unpaired) electrons. The molecule has 0 aliphatic carbocycles. The van der Waals surface area contributed by atoms with Gasteiger partial charge >= 0.3 is 5.90 Å². The smallest absolute Gasteiger partial charge is 0.339 e. The summed E-state index contributed by atoms with van der Waals surface area (Å²) in [5.41, 5.74) is 0. The molecule has 0 fully saturated rings. The fraction of sp³-hybridized carbons (Fsp3) is 0.900. The van der Waals surface area contributed by atoms with Gasteiger partial charge in [0.25, 0.3) is 0 Å². The Kier molecular flexibility index (Phi) is 1.73. The molecule has 0 aromatic heterocycles. The third-order valence-electron chi connectivity index (χ3n) is 2.03. The molecule has 70 valence electrons. The zero-order valence-electron chi connectivity index (χ0n) is 11.3. The van der Waals surface area contributed by atoms with Crippen LogP contribution in [0.4, 0.5) is 0 Å². The molecule has 0 aromatic rings. The highest BCUT2D eigenvalue weighted by Crippen LogP contribution is 2.13. The summed E-state index contributed by atoms with van der Waals surface area (Å²) in [4.78, 5) is 0. The highest BCUT2D eigenvalue weighted by molar-refractivity contribution is 5.73. The van der Waals surface area contributed by atoms with E-state index in [1.807, 2.05) is 32.3 Å². The van der Waals surface area contributed by atoms with Crippen LogP contribution in [0.2, 0.25) is 0 Å². The molecular weight excluding hydrogens is 150 g/mol. The molecule has 1 rings (SSSR count). The van der Waals surface area contributed by atoms with E-state index in [4.69, 9.17) is 8.85 Å². The monoisotopic (exact) mass is 173 g/mol. The largest absolute Gasteiger partial charge is 0.441 e. The van der Waals surface area contributed by atoms with E-state index in [1.54, 1.807) is 0 Å². The maximum Gasteiger partial charge on any atom is 0.339 e. The number of nitrogens with zero attached hydrogens (tertiary/aromatic N) is 1. The minimum Gasteiger partial charge on any atom is -0.441 e. The predicted molar refractivity (Wildman–Crippen MR) is 50.7 cm³/mol. The molecule has 0 saturated carbocycles. The molecule has 2 nitrogen and oxygen atoms in total. The van der Waals surface area contributed by atoms with Crippen LogP contribution in [-0.2, 0) is 4.74 Å². The summed E-state index contributed by atoms with van der Waals surface area (Å²) in [6.45, 7) is 6.34. The zero-order valence-corrected chi connectivity index (χ0v) is 8.29. The Hall–Kier alpha value is -0.530. The van der Waals surface area contributed by atoms with Gasteiger partial charge in [-0.3, -0.25) is 0 Å². The minimum absolute atomic E-state index is 0.162. The van der Waals surface area contributed by atoms with Crippen LogP contribution in [0.15, 0.2) is 0 Å². The van der Waals surface area contributed by atoms with Crippen LogP contribution in [0.5, 0.6) is 0 Å². The van der Waals surface area contributed by atoms with E-state index in [2.05, 4.69) is 0 Å². The minimum atomic E-state index is -1.97. The van der Waals surface area contributed by atoms with Gasteiger partial charge in [0.2, 0.25) is 0 Å². The first-order valence-corrected chi connectivity index (χ1v) is 4.53. The Morgan fingerprint density at radius 2 is 2.17 bits per heavy atom. The highest BCUT2D eigenvalue weighted by atomic mass is 16.5. The second-order valence-corrected chi connectivity index (χ2v) is 3.82. The normalized spacial score (nSPS) is 28.8. The molecule has 0 aromatic carbocycles. The molecule has 0 spiro atoms. The SMILES string of the molecule is [2H]C([2H])([2H])C1COC(C(C)C)=[N+]1C(C)C. The maximum atomic E-state index is 7.48. The van der Waals surface area contributed by atoms with Gasteiger partial charge in [0.1, 0.15) is 0 Å². The van der Waals surface area contributed by atoms with Gasteiger partial charge in [0.15, 0.2) is 18.7 Å². The Labute approximate surface area is 79.5 Å². The van der Waals surface area contributed by atoms with E-state index < -0.39 is 12.9 Å². The lowest BCUT2D eigenvalue weighted by Crippen LogP contribution is -2.31. The molecule has 12 heavy (non-hydrogen) atoms. The van der Waals surface area contributed by atoms with Crippen molar-refractivity contribution in [1.29, 1.82) is 0 Å². The summed E-state index contributed by atoms with van der Waals surface area (Å²) >= 11 is 0. The molecule has 0 amide bonds. The van der Waals surface area contributed by atoms with Gasteiger partial charge in [0, 0.05) is 11.0 Å². The Balaban J connectivity index is 3.06. The summed E-state index contributed by atoms with van der Waals surface area (Å²) in [5, 5.41) is 0. The van der Waals surface area contributed by atoms with Crippen LogP contribution in [0.3, 0.4) is 0 Å². The van der Waals surface area contributed by atoms with Crippen molar-refractivity contribution < 1.29 is 13.4 Å². The molecule has 2 heteroatoms. The topological polar surface area (TPSA) is 12.2 Å². The van der Waals surface area contributed by atoms with E-state index >= 15 is 0 Å². The van der Waals surface area contributed by atoms with E-state index in [9.17, 15) is 0 Å². The molecule has 1 unspecified atom stereocenters. The first kappa shape index (κ1) is 6.01. The van der Waals surface area contributed by atoms with Crippen molar-refractivity contribution in [3.63, 3.8) is 0 Å². The number of hydrogen-bond donors (Lipinski definition) is 0. The van der Waals surface area contributed by atoms with Gasteiger partial charge < -0.3 is 4.74 Å². The second kappa shape index (κ2) is 3.46. The zero-order chi connectivity index (χ0) is 11.8. The van der Waals surface area contributed by atoms with E-state index in [0.29, 0.717) is 0 Å². The fourth-order valence-electron chi connectivity index (χ4n) is 1.55. The van der Waals surface area contributed by atoms with Gasteiger partial charge in [0.05, 0.1) is 5.92 Å². The van der Waals surface area contributed by atoms with Crippen molar-refractivity contribution in [2.75, 3.05) is 6.61 Å². The fourth-order valence-corrected chi connectivity index (χ4v) is 1.55. The van der Waals surface area contributed by atoms with Gasteiger partial charge in [-0.1, -0.05) is 0 Å². The van der Waals surface area contributed by atoms with Crippen LogP contribution in [-0.4, -0.2) is 29.2 Å². The highest BCUT2D eigenvalue weighted by Gasteiger charge is 2.34. The summed E-state index contributed by atoms with van der Waals surface area (Å²) < 4.78 is 29.9. The van der Waals surface area contributed by atoms with Crippen molar-refractivity contribution >= 4 is 5.90 Å². The number of hydrogen-bond acceptors (Lipinski definition) is 1. The lowest BCUT2D eigenvalue weighted by atomic mass is 10.2. The average molecular weight is 173 g/mol. The summed E-state index contributed by atoms with van der Waals surface area (Å²) in [7, 11) is 0. The van der Waals surface area contributed by atoms with E-state index in [1.165, 1.54) is 0 Å². The molecule has 1 heterocycles. The predicted octanol–water partition coefficient (Wildman–Crippen LogP) is 1.88. The Morgan fingerprint density at radius 3 is 2.58 bits per heavy atom. The third kappa shape index (κ3) is 1.62. The molecular formula is C10H20NO+. The summed E-state index contributed by atoms with van der Waals surface area (Å²) in [6.07, 6.45) is 0. The molecule has 0 N–H and O–H groups in total. The molecule has 0 bridgehead atoms. The van der Waals surface area contributed by atoms with Crippen molar-refractivity contribution in [3.8, 4) is 0 Å². The van der Waals surface area contributed by atoms with Crippen LogP contribution in [0, 0.1) is 5.92 Å². The van der Waals surface area contributed by atoms with Crippen LogP contribution >= 0.6 is 0 Å². The first-order chi connectivity index (χ1) is 6.75. The second-order valence-electron chi connectivity index (χ2n) is 3.82. The van der Waals surface area contributed by atoms with Gasteiger partial charge in [-0.25, -0.2) is 0 Å². The molecule has 0 saturated heterocycles. The van der Waals surface area contributed by atoms with Crippen molar-refractivity contribution in [3.05, 3.63) is 0 Å². The maximum absolute atomic E-state index is 7.48.